The van der Waals surface area contributed by atoms with Gasteiger partial charge < -0.3 is 4.74 Å². The van der Waals surface area contributed by atoms with Crippen LogP contribution < -0.4 is 15.0 Å². The second kappa shape index (κ2) is 7.33. The minimum Gasteiger partial charge on any atom is -0.457 e. The SMILES string of the molecule is C=C(C)C=C1C(=O)NC(=S)N(c2ccc(Oc3ccccc3)cc2)C1=O. The zero-order valence-corrected chi connectivity index (χ0v) is 14.9. The minimum atomic E-state index is -0.525. The van der Waals surface area contributed by atoms with E-state index in [0.29, 0.717) is 22.8 Å². The molecule has 1 N–H and O–H groups in total. The first kappa shape index (κ1) is 17.6. The average molecular weight is 364 g/mol. The highest BCUT2D eigenvalue weighted by molar-refractivity contribution is 7.80. The van der Waals surface area contributed by atoms with Crippen LogP contribution in [0.3, 0.4) is 0 Å². The summed E-state index contributed by atoms with van der Waals surface area (Å²) in [4.78, 5) is 26.0. The van der Waals surface area contributed by atoms with E-state index in [1.54, 1.807) is 31.2 Å². The van der Waals surface area contributed by atoms with Crippen LogP contribution >= 0.6 is 12.2 Å². The van der Waals surface area contributed by atoms with Gasteiger partial charge in [0.1, 0.15) is 17.1 Å². The summed E-state index contributed by atoms with van der Waals surface area (Å²) < 4.78 is 5.74. The number of nitrogens with zero attached hydrogens (tertiary/aromatic N) is 1. The van der Waals surface area contributed by atoms with Gasteiger partial charge in [0, 0.05) is 0 Å². The van der Waals surface area contributed by atoms with Crippen molar-refractivity contribution in [1.29, 1.82) is 0 Å². The van der Waals surface area contributed by atoms with Gasteiger partial charge in [-0.2, -0.15) is 0 Å². The van der Waals surface area contributed by atoms with Crippen molar-refractivity contribution in [1.82, 2.24) is 5.32 Å². The number of nitrogens with one attached hydrogen (secondary N) is 1. The number of benzene rings is 2. The maximum atomic E-state index is 12.7. The molecule has 0 unspecified atom stereocenters. The van der Waals surface area contributed by atoms with Crippen molar-refractivity contribution < 1.29 is 14.3 Å². The number of amides is 2. The van der Waals surface area contributed by atoms with Crippen molar-refractivity contribution >= 4 is 34.8 Å². The van der Waals surface area contributed by atoms with Gasteiger partial charge in [0.05, 0.1) is 5.69 Å². The number of rotatable bonds is 4. The van der Waals surface area contributed by atoms with E-state index >= 15 is 0 Å². The maximum absolute atomic E-state index is 12.7. The molecular weight excluding hydrogens is 348 g/mol. The lowest BCUT2D eigenvalue weighted by Gasteiger charge is -2.29. The highest BCUT2D eigenvalue weighted by Gasteiger charge is 2.34. The lowest BCUT2D eigenvalue weighted by atomic mass is 10.1. The van der Waals surface area contributed by atoms with Gasteiger partial charge in [-0.05, 0) is 61.6 Å². The molecule has 1 aliphatic heterocycles. The number of hydrogen-bond acceptors (Lipinski definition) is 4. The Morgan fingerprint density at radius 1 is 1.08 bits per heavy atom. The molecule has 1 aliphatic rings. The highest BCUT2D eigenvalue weighted by Crippen LogP contribution is 2.26. The first-order valence-electron chi connectivity index (χ1n) is 7.85. The molecule has 3 rings (SSSR count). The van der Waals surface area contributed by atoms with Crippen molar-refractivity contribution in [3.8, 4) is 11.5 Å². The van der Waals surface area contributed by atoms with Gasteiger partial charge in [0.25, 0.3) is 11.8 Å². The summed E-state index contributed by atoms with van der Waals surface area (Å²) in [6.07, 6.45) is 1.44. The summed E-state index contributed by atoms with van der Waals surface area (Å²) in [6, 6.07) is 16.2. The molecule has 0 bridgehead atoms. The van der Waals surface area contributed by atoms with Crippen LogP contribution in [-0.4, -0.2) is 16.9 Å². The van der Waals surface area contributed by atoms with E-state index in [-0.39, 0.29) is 10.7 Å². The Hall–Kier alpha value is -3.25. The second-order valence-electron chi connectivity index (χ2n) is 5.71. The van der Waals surface area contributed by atoms with Gasteiger partial charge in [0.2, 0.25) is 0 Å². The van der Waals surface area contributed by atoms with E-state index < -0.39 is 11.8 Å². The number of para-hydroxylation sites is 1. The van der Waals surface area contributed by atoms with Gasteiger partial charge >= 0.3 is 0 Å². The highest BCUT2D eigenvalue weighted by atomic mass is 32.1. The smallest absolute Gasteiger partial charge is 0.270 e. The van der Waals surface area contributed by atoms with E-state index in [4.69, 9.17) is 17.0 Å². The fourth-order valence-electron chi connectivity index (χ4n) is 2.43. The van der Waals surface area contributed by atoms with Gasteiger partial charge in [-0.1, -0.05) is 30.4 Å². The molecule has 26 heavy (non-hydrogen) atoms. The third kappa shape index (κ3) is 3.70. The van der Waals surface area contributed by atoms with Crippen LogP contribution in [0.5, 0.6) is 11.5 Å². The molecule has 0 spiro atoms. The lowest BCUT2D eigenvalue weighted by molar-refractivity contribution is -0.122. The van der Waals surface area contributed by atoms with Crippen molar-refractivity contribution in [2.75, 3.05) is 4.90 Å². The number of thiocarbonyl (C=S) groups is 1. The molecule has 0 aromatic heterocycles. The third-order valence-electron chi connectivity index (χ3n) is 3.57. The van der Waals surface area contributed by atoms with E-state index in [9.17, 15) is 9.59 Å². The van der Waals surface area contributed by atoms with Crippen LogP contribution in [0.1, 0.15) is 6.92 Å². The zero-order valence-electron chi connectivity index (χ0n) is 14.1. The van der Waals surface area contributed by atoms with Crippen LogP contribution in [0.4, 0.5) is 5.69 Å². The largest absolute Gasteiger partial charge is 0.457 e. The van der Waals surface area contributed by atoms with E-state index in [0.717, 1.165) is 0 Å². The predicted octanol–water partition coefficient (Wildman–Crippen LogP) is 3.73. The summed E-state index contributed by atoms with van der Waals surface area (Å²) >= 11 is 5.16. The molecule has 0 saturated carbocycles. The second-order valence-corrected chi connectivity index (χ2v) is 6.10. The van der Waals surface area contributed by atoms with Gasteiger partial charge in [-0.15, -0.1) is 0 Å². The van der Waals surface area contributed by atoms with Gasteiger partial charge in [-0.3, -0.25) is 19.8 Å². The monoisotopic (exact) mass is 364 g/mol. The number of anilines is 1. The van der Waals surface area contributed by atoms with E-state index in [2.05, 4.69) is 11.9 Å². The average Bonchev–Trinajstić information content (AvgIpc) is 2.61. The number of ether oxygens (including phenoxy) is 1. The Morgan fingerprint density at radius 2 is 1.69 bits per heavy atom. The van der Waals surface area contributed by atoms with Crippen molar-refractivity contribution in [2.24, 2.45) is 0 Å². The van der Waals surface area contributed by atoms with Crippen LogP contribution in [-0.2, 0) is 9.59 Å². The van der Waals surface area contributed by atoms with Crippen LogP contribution in [0.2, 0.25) is 0 Å². The molecule has 130 valence electrons. The van der Waals surface area contributed by atoms with Crippen LogP contribution in [0, 0.1) is 0 Å². The molecule has 6 heteroatoms. The lowest BCUT2D eigenvalue weighted by Crippen LogP contribution is -2.54. The zero-order chi connectivity index (χ0) is 18.7. The molecule has 0 atom stereocenters. The normalized spacial score (nSPS) is 15.8. The summed E-state index contributed by atoms with van der Waals surface area (Å²) in [6.45, 7) is 5.42. The molecule has 2 amide bonds. The molecule has 2 aromatic rings. The summed E-state index contributed by atoms with van der Waals surface area (Å²) in [5.41, 5.74) is 1.13. The molecule has 1 saturated heterocycles. The standard InChI is InChI=1S/C20H16N2O3S/c1-13(2)12-17-18(23)21-20(26)22(19(17)24)14-8-10-16(11-9-14)25-15-6-4-3-5-7-15/h3-12H,1H2,2H3,(H,21,23,26). The Bertz CT molecular complexity index is 918. The molecular formula is C20H16N2O3S. The van der Waals surface area contributed by atoms with Crippen LogP contribution in [0.15, 0.2) is 78.4 Å². The maximum Gasteiger partial charge on any atom is 0.270 e. The van der Waals surface area contributed by atoms with Crippen LogP contribution in [0.25, 0.3) is 0 Å². The molecule has 0 aliphatic carbocycles. The molecule has 5 nitrogen and oxygen atoms in total. The Labute approximate surface area is 156 Å². The Kier molecular flexibility index (Phi) is 4.95. The topological polar surface area (TPSA) is 58.6 Å². The summed E-state index contributed by atoms with van der Waals surface area (Å²) in [7, 11) is 0. The quantitative estimate of drug-likeness (QED) is 0.510. The summed E-state index contributed by atoms with van der Waals surface area (Å²) in [5, 5.41) is 2.56. The number of hydrogen-bond donors (Lipinski definition) is 1. The van der Waals surface area contributed by atoms with E-state index in [1.165, 1.54) is 11.0 Å². The molecule has 1 heterocycles. The third-order valence-corrected chi connectivity index (χ3v) is 3.85. The van der Waals surface area contributed by atoms with Gasteiger partial charge in [0.15, 0.2) is 5.11 Å². The first-order chi connectivity index (χ1) is 12.5. The van der Waals surface area contributed by atoms with E-state index in [1.807, 2.05) is 30.3 Å². The van der Waals surface area contributed by atoms with Crippen molar-refractivity contribution in [3.05, 3.63) is 78.4 Å². The fourth-order valence-corrected chi connectivity index (χ4v) is 2.71. The summed E-state index contributed by atoms with van der Waals surface area (Å²) in [5.74, 6) is 0.322. The number of carbonyl (C=O) groups is 2. The predicted molar refractivity (Wildman–Crippen MR) is 104 cm³/mol. The Balaban J connectivity index is 1.85. The molecule has 2 aromatic carbocycles. The van der Waals surface area contributed by atoms with Crippen molar-refractivity contribution in [3.63, 3.8) is 0 Å². The minimum absolute atomic E-state index is 0.00397. The molecule has 0 radical (unpaired) electrons. The molecule has 1 fully saturated rings. The Morgan fingerprint density at radius 3 is 2.31 bits per heavy atom. The van der Waals surface area contributed by atoms with Gasteiger partial charge in [-0.25, -0.2) is 0 Å². The number of carbonyl (C=O) groups excluding carboxylic acids is 2. The van der Waals surface area contributed by atoms with Crippen molar-refractivity contribution in [2.45, 2.75) is 6.92 Å². The number of allylic oxidation sites excluding steroid dienone is 2. The first-order valence-corrected chi connectivity index (χ1v) is 8.26. The fraction of sp³-hybridized carbons (Fsp3) is 0.0500.